The zero-order valence-electron chi connectivity index (χ0n) is 9.53. The van der Waals surface area contributed by atoms with Crippen molar-refractivity contribution in [3.05, 3.63) is 34.3 Å². The number of aliphatic carboxylic acids is 1. The molecular formula is C12H13BrFNO3. The maximum Gasteiger partial charge on any atom is 0.328 e. The number of carbonyl (C=O) groups is 2. The van der Waals surface area contributed by atoms with Crippen LogP contribution in [-0.4, -0.2) is 29.7 Å². The van der Waals surface area contributed by atoms with Crippen LogP contribution in [-0.2, 0) is 16.0 Å². The molecule has 0 aromatic heterocycles. The maximum atomic E-state index is 12.3. The summed E-state index contributed by atoms with van der Waals surface area (Å²) in [5, 5.41) is 10.7. The van der Waals surface area contributed by atoms with E-state index in [0.717, 1.165) is 10.0 Å². The van der Waals surface area contributed by atoms with E-state index in [9.17, 15) is 14.0 Å². The smallest absolute Gasteiger partial charge is 0.328 e. The predicted molar refractivity (Wildman–Crippen MR) is 68.0 cm³/mol. The van der Waals surface area contributed by atoms with Gasteiger partial charge in [0, 0.05) is 10.9 Å². The number of carboxylic acids is 1. The first-order valence-electron chi connectivity index (χ1n) is 5.35. The Morgan fingerprint density at radius 2 is 1.94 bits per heavy atom. The molecule has 1 rings (SSSR count). The Hall–Kier alpha value is -1.43. The number of rotatable bonds is 6. The molecule has 0 fully saturated rings. The van der Waals surface area contributed by atoms with Crippen molar-refractivity contribution in [2.75, 3.05) is 6.67 Å². The summed E-state index contributed by atoms with van der Waals surface area (Å²) in [6.45, 7) is -1.11. The Morgan fingerprint density at radius 3 is 2.44 bits per heavy atom. The molecule has 0 saturated carbocycles. The molecular weight excluding hydrogens is 305 g/mol. The van der Waals surface area contributed by atoms with Crippen LogP contribution in [0.2, 0.25) is 0 Å². The number of benzene rings is 1. The lowest BCUT2D eigenvalue weighted by Gasteiger charge is -2.10. The van der Waals surface area contributed by atoms with Crippen LogP contribution in [0.1, 0.15) is 12.0 Å². The Kier molecular flexibility index (Phi) is 5.77. The Bertz CT molecular complexity index is 422. The third-order valence-electron chi connectivity index (χ3n) is 2.34. The summed E-state index contributed by atoms with van der Waals surface area (Å²) in [7, 11) is 0. The number of carbonyl (C=O) groups excluding carboxylic acids is 1. The highest BCUT2D eigenvalue weighted by Crippen LogP contribution is 2.11. The van der Waals surface area contributed by atoms with Gasteiger partial charge in [0.05, 0.1) is 0 Å². The minimum atomic E-state index is -1.46. The molecule has 1 atom stereocenters. The number of alkyl halides is 1. The second-order valence-corrected chi connectivity index (χ2v) is 4.65. The van der Waals surface area contributed by atoms with Crippen LogP contribution in [0.5, 0.6) is 0 Å². The summed E-state index contributed by atoms with van der Waals surface area (Å²) in [6.07, 6.45) is 0.614. The van der Waals surface area contributed by atoms with Gasteiger partial charge in [0.2, 0.25) is 5.91 Å². The highest BCUT2D eigenvalue weighted by atomic mass is 79.9. The largest absolute Gasteiger partial charge is 0.480 e. The van der Waals surface area contributed by atoms with Crippen molar-refractivity contribution in [1.29, 1.82) is 0 Å². The van der Waals surface area contributed by atoms with Gasteiger partial charge in [-0.25, -0.2) is 9.18 Å². The number of halogens is 2. The molecule has 1 unspecified atom stereocenters. The molecule has 0 heterocycles. The van der Waals surface area contributed by atoms with Crippen molar-refractivity contribution in [2.45, 2.75) is 18.9 Å². The number of nitrogens with one attached hydrogen (secondary N) is 1. The molecule has 6 heteroatoms. The van der Waals surface area contributed by atoms with E-state index in [1.807, 2.05) is 24.3 Å². The second kappa shape index (κ2) is 7.10. The van der Waals surface area contributed by atoms with Crippen LogP contribution < -0.4 is 5.32 Å². The van der Waals surface area contributed by atoms with Crippen molar-refractivity contribution in [2.24, 2.45) is 0 Å². The van der Waals surface area contributed by atoms with E-state index in [1.54, 1.807) is 0 Å². The third-order valence-corrected chi connectivity index (χ3v) is 2.87. The summed E-state index contributed by atoms with van der Waals surface area (Å²) in [6, 6.07) is 5.98. The summed E-state index contributed by atoms with van der Waals surface area (Å²) < 4.78 is 13.2. The summed E-state index contributed by atoms with van der Waals surface area (Å²) in [5.41, 5.74) is 0.959. The Labute approximate surface area is 112 Å². The van der Waals surface area contributed by atoms with E-state index in [4.69, 9.17) is 5.11 Å². The molecule has 0 aliphatic heterocycles. The second-order valence-electron chi connectivity index (χ2n) is 3.74. The Morgan fingerprint density at radius 1 is 1.33 bits per heavy atom. The van der Waals surface area contributed by atoms with Gasteiger partial charge in [0.25, 0.3) is 0 Å². The van der Waals surface area contributed by atoms with Gasteiger partial charge in [0.15, 0.2) is 6.04 Å². The average Bonchev–Trinajstić information content (AvgIpc) is 2.35. The van der Waals surface area contributed by atoms with Gasteiger partial charge in [-0.15, -0.1) is 0 Å². The molecule has 18 heavy (non-hydrogen) atoms. The molecule has 0 aliphatic carbocycles. The van der Waals surface area contributed by atoms with Crippen molar-refractivity contribution < 1.29 is 19.1 Å². The number of hydrogen-bond donors (Lipinski definition) is 2. The predicted octanol–water partition coefficient (Wildman–Crippen LogP) is 1.92. The van der Waals surface area contributed by atoms with E-state index in [-0.39, 0.29) is 6.42 Å². The lowest BCUT2D eigenvalue weighted by Crippen LogP contribution is -2.42. The molecule has 1 aromatic carbocycles. The summed E-state index contributed by atoms with van der Waals surface area (Å²) >= 11 is 3.30. The van der Waals surface area contributed by atoms with E-state index in [1.165, 1.54) is 0 Å². The van der Waals surface area contributed by atoms with Crippen LogP contribution in [0.3, 0.4) is 0 Å². The number of amides is 1. The fourth-order valence-corrected chi connectivity index (χ4v) is 1.61. The van der Waals surface area contributed by atoms with Gasteiger partial charge in [0.1, 0.15) is 6.67 Å². The zero-order chi connectivity index (χ0) is 13.5. The summed E-state index contributed by atoms with van der Waals surface area (Å²) in [5.74, 6) is -1.84. The van der Waals surface area contributed by atoms with Crippen molar-refractivity contribution >= 4 is 27.8 Å². The first kappa shape index (κ1) is 14.6. The van der Waals surface area contributed by atoms with Crippen LogP contribution in [0.15, 0.2) is 28.7 Å². The quantitative estimate of drug-likeness (QED) is 0.842. The third kappa shape index (κ3) is 4.83. The van der Waals surface area contributed by atoms with Gasteiger partial charge in [-0.3, -0.25) is 4.79 Å². The van der Waals surface area contributed by atoms with Gasteiger partial charge in [-0.05, 0) is 24.1 Å². The van der Waals surface area contributed by atoms with Gasteiger partial charge in [-0.1, -0.05) is 28.1 Å². The van der Waals surface area contributed by atoms with E-state index in [0.29, 0.717) is 6.42 Å². The monoisotopic (exact) mass is 317 g/mol. The first-order valence-corrected chi connectivity index (χ1v) is 6.15. The minimum absolute atomic E-state index is 0.130. The molecule has 4 nitrogen and oxygen atoms in total. The minimum Gasteiger partial charge on any atom is -0.480 e. The van der Waals surface area contributed by atoms with Crippen molar-refractivity contribution in [3.8, 4) is 0 Å². The van der Waals surface area contributed by atoms with E-state index < -0.39 is 24.6 Å². The topological polar surface area (TPSA) is 66.4 Å². The maximum absolute atomic E-state index is 12.3. The van der Waals surface area contributed by atoms with Crippen LogP contribution in [0, 0.1) is 0 Å². The normalized spacial score (nSPS) is 11.9. The number of aryl methyl sites for hydroxylation is 1. The van der Waals surface area contributed by atoms with E-state index in [2.05, 4.69) is 21.2 Å². The standard InChI is InChI=1S/C12H13BrFNO3/c13-9-4-1-8(2-5-9)3-6-11(16)15-10(7-14)12(17)18/h1-2,4-5,10H,3,6-7H2,(H,15,16)(H,17,18). The fourth-order valence-electron chi connectivity index (χ4n) is 1.34. The highest BCUT2D eigenvalue weighted by molar-refractivity contribution is 9.10. The van der Waals surface area contributed by atoms with Gasteiger partial charge < -0.3 is 10.4 Å². The van der Waals surface area contributed by atoms with Crippen LogP contribution >= 0.6 is 15.9 Å². The SMILES string of the molecule is O=C(CCc1ccc(Br)cc1)NC(CF)C(=O)O. The number of hydrogen-bond acceptors (Lipinski definition) is 2. The average molecular weight is 318 g/mol. The molecule has 2 N–H and O–H groups in total. The zero-order valence-corrected chi connectivity index (χ0v) is 11.1. The van der Waals surface area contributed by atoms with Crippen molar-refractivity contribution in [3.63, 3.8) is 0 Å². The molecule has 98 valence electrons. The summed E-state index contributed by atoms with van der Waals surface area (Å²) in [4.78, 5) is 21.9. The molecule has 0 spiro atoms. The highest BCUT2D eigenvalue weighted by Gasteiger charge is 2.19. The van der Waals surface area contributed by atoms with Crippen molar-refractivity contribution in [1.82, 2.24) is 5.32 Å². The molecule has 0 aliphatic rings. The fraction of sp³-hybridized carbons (Fsp3) is 0.333. The number of carboxylic acid groups (broad SMARTS) is 1. The lowest BCUT2D eigenvalue weighted by atomic mass is 10.1. The van der Waals surface area contributed by atoms with Crippen LogP contribution in [0.4, 0.5) is 4.39 Å². The lowest BCUT2D eigenvalue weighted by molar-refractivity contribution is -0.142. The van der Waals surface area contributed by atoms with Crippen LogP contribution in [0.25, 0.3) is 0 Å². The van der Waals surface area contributed by atoms with Gasteiger partial charge >= 0.3 is 5.97 Å². The molecule has 0 bridgehead atoms. The van der Waals surface area contributed by atoms with E-state index >= 15 is 0 Å². The molecule has 0 radical (unpaired) electrons. The molecule has 0 saturated heterocycles. The Balaban J connectivity index is 2.41. The first-order chi connectivity index (χ1) is 8.52. The van der Waals surface area contributed by atoms with Gasteiger partial charge in [-0.2, -0.15) is 0 Å². The molecule has 1 amide bonds. The molecule has 1 aromatic rings.